The highest BCUT2D eigenvalue weighted by Gasteiger charge is 2.21. The number of halogens is 1. The van der Waals surface area contributed by atoms with Crippen molar-refractivity contribution in [3.63, 3.8) is 0 Å². The van der Waals surface area contributed by atoms with Gasteiger partial charge in [0.1, 0.15) is 5.56 Å². The van der Waals surface area contributed by atoms with Crippen LogP contribution in [0.5, 0.6) is 0 Å². The lowest BCUT2D eigenvalue weighted by Crippen LogP contribution is -2.12. The number of nitro benzene ring substituents is 1. The predicted molar refractivity (Wildman–Crippen MR) is 68.9 cm³/mol. The summed E-state index contributed by atoms with van der Waals surface area (Å²) in [6.07, 6.45) is 0. The fourth-order valence-electron chi connectivity index (χ4n) is 1.48. The average Bonchev–Trinajstić information content (AvgIpc) is 2.87. The number of aromatic nitrogens is 2. The van der Waals surface area contributed by atoms with Crippen LogP contribution in [0, 0.1) is 10.1 Å². The summed E-state index contributed by atoms with van der Waals surface area (Å²) in [7, 11) is 1.75. The summed E-state index contributed by atoms with van der Waals surface area (Å²) in [4.78, 5) is 10.5. The highest BCUT2D eigenvalue weighted by atomic mass is 35.5. The van der Waals surface area contributed by atoms with Crippen LogP contribution in [0.15, 0.2) is 22.6 Å². The van der Waals surface area contributed by atoms with Crippen molar-refractivity contribution in [2.45, 2.75) is 13.0 Å². The van der Waals surface area contributed by atoms with Crippen molar-refractivity contribution in [3.05, 3.63) is 39.2 Å². The van der Waals surface area contributed by atoms with E-state index in [4.69, 9.17) is 16.0 Å². The van der Waals surface area contributed by atoms with E-state index >= 15 is 0 Å². The minimum absolute atomic E-state index is 0.0977. The SMILES string of the molecule is CNC(C)c1nnc(-c2ccc(Cl)cc2[N+](=O)[O-])o1. The van der Waals surface area contributed by atoms with Gasteiger partial charge in [-0.15, -0.1) is 10.2 Å². The number of rotatable bonds is 4. The van der Waals surface area contributed by atoms with Crippen molar-refractivity contribution < 1.29 is 9.34 Å². The molecule has 100 valence electrons. The molecule has 0 aliphatic rings. The maximum absolute atomic E-state index is 11.0. The minimum Gasteiger partial charge on any atom is -0.419 e. The van der Waals surface area contributed by atoms with Crippen LogP contribution in [0.25, 0.3) is 11.5 Å². The standard InChI is InChI=1S/C11H11ClN4O3/c1-6(13-2)10-14-15-11(19-10)8-4-3-7(12)5-9(8)16(17)18/h3-6,13H,1-2H3. The van der Waals surface area contributed by atoms with E-state index in [0.29, 0.717) is 5.89 Å². The topological polar surface area (TPSA) is 94.1 Å². The molecule has 0 bridgehead atoms. The first kappa shape index (κ1) is 13.4. The van der Waals surface area contributed by atoms with Crippen molar-refractivity contribution in [2.75, 3.05) is 7.05 Å². The highest BCUT2D eigenvalue weighted by Crippen LogP contribution is 2.31. The summed E-state index contributed by atoms with van der Waals surface area (Å²) in [5, 5.41) is 21.9. The zero-order valence-corrected chi connectivity index (χ0v) is 11.0. The van der Waals surface area contributed by atoms with Gasteiger partial charge in [-0.1, -0.05) is 11.6 Å². The Morgan fingerprint density at radius 3 is 2.84 bits per heavy atom. The molecule has 7 nitrogen and oxygen atoms in total. The van der Waals surface area contributed by atoms with E-state index in [1.807, 2.05) is 6.92 Å². The van der Waals surface area contributed by atoms with E-state index in [0.717, 1.165) is 0 Å². The molecule has 1 N–H and O–H groups in total. The second-order valence-corrected chi connectivity index (χ2v) is 4.31. The van der Waals surface area contributed by atoms with Crippen molar-refractivity contribution in [1.82, 2.24) is 15.5 Å². The van der Waals surface area contributed by atoms with Gasteiger partial charge in [-0.2, -0.15) is 0 Å². The van der Waals surface area contributed by atoms with Crippen molar-refractivity contribution in [3.8, 4) is 11.5 Å². The molecule has 0 saturated carbocycles. The lowest BCUT2D eigenvalue weighted by atomic mass is 10.2. The largest absolute Gasteiger partial charge is 0.419 e. The molecule has 2 aromatic rings. The molecule has 0 amide bonds. The molecule has 0 fully saturated rings. The number of nitrogens with zero attached hydrogens (tertiary/aromatic N) is 3. The zero-order valence-electron chi connectivity index (χ0n) is 10.3. The van der Waals surface area contributed by atoms with E-state index in [9.17, 15) is 10.1 Å². The second kappa shape index (κ2) is 5.33. The molecule has 1 aromatic heterocycles. The van der Waals surface area contributed by atoms with E-state index < -0.39 is 4.92 Å². The Kier molecular flexibility index (Phi) is 3.77. The number of nitro groups is 1. The lowest BCUT2D eigenvalue weighted by molar-refractivity contribution is -0.384. The van der Waals surface area contributed by atoms with E-state index in [-0.39, 0.29) is 28.2 Å². The van der Waals surface area contributed by atoms with E-state index in [1.54, 1.807) is 7.05 Å². The summed E-state index contributed by atoms with van der Waals surface area (Å²) in [5.41, 5.74) is 0.0799. The molecule has 0 aliphatic heterocycles. The molecular formula is C11H11ClN4O3. The molecule has 1 atom stereocenters. The maximum Gasteiger partial charge on any atom is 0.283 e. The molecular weight excluding hydrogens is 272 g/mol. The Balaban J connectivity index is 2.47. The summed E-state index contributed by atoms with van der Waals surface area (Å²) >= 11 is 5.75. The monoisotopic (exact) mass is 282 g/mol. The summed E-state index contributed by atoms with van der Waals surface area (Å²) in [5.74, 6) is 0.460. The van der Waals surface area contributed by atoms with Crippen LogP contribution in [-0.4, -0.2) is 22.2 Å². The van der Waals surface area contributed by atoms with Crippen LogP contribution in [-0.2, 0) is 0 Å². The van der Waals surface area contributed by atoms with Crippen molar-refractivity contribution in [2.24, 2.45) is 0 Å². The molecule has 8 heteroatoms. The fourth-order valence-corrected chi connectivity index (χ4v) is 1.64. The zero-order chi connectivity index (χ0) is 14.0. The maximum atomic E-state index is 11.0. The van der Waals surface area contributed by atoms with Gasteiger partial charge in [-0.05, 0) is 26.1 Å². The summed E-state index contributed by atoms with van der Waals surface area (Å²) in [6.45, 7) is 1.84. The Hall–Kier alpha value is -1.99. The first-order chi connectivity index (χ1) is 9.02. The molecule has 0 aliphatic carbocycles. The third-order valence-corrected chi connectivity index (χ3v) is 2.87. The van der Waals surface area contributed by atoms with Crippen LogP contribution in [0.1, 0.15) is 18.9 Å². The third-order valence-electron chi connectivity index (χ3n) is 2.63. The smallest absolute Gasteiger partial charge is 0.283 e. The van der Waals surface area contributed by atoms with Gasteiger partial charge >= 0.3 is 0 Å². The van der Waals surface area contributed by atoms with E-state index in [1.165, 1.54) is 18.2 Å². The normalized spacial score (nSPS) is 12.4. The van der Waals surface area contributed by atoms with Gasteiger partial charge in [0.2, 0.25) is 5.89 Å². The molecule has 1 unspecified atom stereocenters. The van der Waals surface area contributed by atoms with Gasteiger partial charge in [0.05, 0.1) is 11.0 Å². The predicted octanol–water partition coefficient (Wildman–Crippen LogP) is 2.58. The number of hydrogen-bond acceptors (Lipinski definition) is 6. The van der Waals surface area contributed by atoms with Crippen LogP contribution in [0.2, 0.25) is 5.02 Å². The Morgan fingerprint density at radius 1 is 1.47 bits per heavy atom. The summed E-state index contributed by atoms with van der Waals surface area (Å²) in [6, 6.07) is 4.15. The highest BCUT2D eigenvalue weighted by molar-refractivity contribution is 6.30. The van der Waals surface area contributed by atoms with Crippen LogP contribution >= 0.6 is 11.6 Å². The molecule has 0 radical (unpaired) electrons. The van der Waals surface area contributed by atoms with Crippen LogP contribution < -0.4 is 5.32 Å². The number of benzene rings is 1. The van der Waals surface area contributed by atoms with Crippen LogP contribution in [0.3, 0.4) is 0 Å². The quantitative estimate of drug-likeness (QED) is 0.684. The van der Waals surface area contributed by atoms with Gasteiger partial charge in [-0.25, -0.2) is 0 Å². The number of nitrogens with one attached hydrogen (secondary N) is 1. The molecule has 19 heavy (non-hydrogen) atoms. The van der Waals surface area contributed by atoms with Gasteiger partial charge < -0.3 is 9.73 Å². The van der Waals surface area contributed by atoms with Gasteiger partial charge in [-0.3, -0.25) is 10.1 Å². The Bertz CT molecular complexity index is 614. The van der Waals surface area contributed by atoms with Crippen LogP contribution in [0.4, 0.5) is 5.69 Å². The molecule has 2 rings (SSSR count). The average molecular weight is 283 g/mol. The Labute approximate surface area is 113 Å². The van der Waals surface area contributed by atoms with Gasteiger partial charge in [0.15, 0.2) is 0 Å². The third kappa shape index (κ3) is 2.72. The molecule has 1 aromatic carbocycles. The molecule has 0 spiro atoms. The van der Waals surface area contributed by atoms with Gasteiger partial charge in [0.25, 0.3) is 11.6 Å². The lowest BCUT2D eigenvalue weighted by Gasteiger charge is -2.02. The summed E-state index contributed by atoms with van der Waals surface area (Å²) < 4.78 is 5.42. The van der Waals surface area contributed by atoms with Crippen molar-refractivity contribution in [1.29, 1.82) is 0 Å². The first-order valence-corrected chi connectivity index (χ1v) is 5.85. The fraction of sp³-hybridized carbons (Fsp3) is 0.273. The minimum atomic E-state index is -0.535. The first-order valence-electron chi connectivity index (χ1n) is 5.48. The van der Waals surface area contributed by atoms with E-state index in [2.05, 4.69) is 15.5 Å². The number of hydrogen-bond donors (Lipinski definition) is 1. The van der Waals surface area contributed by atoms with Crippen molar-refractivity contribution >= 4 is 17.3 Å². The molecule has 0 saturated heterocycles. The Morgan fingerprint density at radius 2 is 2.21 bits per heavy atom. The second-order valence-electron chi connectivity index (χ2n) is 3.87. The molecule has 1 heterocycles. The van der Waals surface area contributed by atoms with Gasteiger partial charge in [0, 0.05) is 11.1 Å².